The quantitative estimate of drug-likeness (QED) is 0.264. The van der Waals surface area contributed by atoms with Crippen LogP contribution in [0.25, 0.3) is 0 Å². The molecule has 21 heavy (non-hydrogen) atoms. The second-order valence-electron chi connectivity index (χ2n) is 5.01. The lowest BCUT2D eigenvalue weighted by Crippen LogP contribution is -2.37. The van der Waals surface area contributed by atoms with E-state index in [4.69, 9.17) is 21.9 Å². The monoisotopic (exact) mass is 292 g/mol. The number of aliphatic imine (C=N–C) groups is 1. The standard InChI is InChI=1S/C14H24N6O/c15-10-19-14-9-12(17)11(16)8-13(14)18-2-1-3-20-4-6-21-7-5-20/h8-10,18H,1-7,16-17H2,(H2,15,19). The number of rotatable bonds is 6. The molecule has 0 radical (unpaired) electrons. The molecular weight excluding hydrogens is 268 g/mol. The molecule has 1 heterocycles. The van der Waals surface area contributed by atoms with E-state index >= 15 is 0 Å². The number of hydrogen-bond donors (Lipinski definition) is 4. The first-order chi connectivity index (χ1) is 10.2. The summed E-state index contributed by atoms with van der Waals surface area (Å²) in [6, 6.07) is 3.52. The highest BCUT2D eigenvalue weighted by Gasteiger charge is 2.10. The Labute approximate surface area is 125 Å². The van der Waals surface area contributed by atoms with Gasteiger partial charge in [-0.3, -0.25) is 4.90 Å². The number of nitrogens with one attached hydrogen (secondary N) is 1. The molecule has 0 unspecified atom stereocenters. The summed E-state index contributed by atoms with van der Waals surface area (Å²) in [5.41, 5.74) is 19.6. The minimum Gasteiger partial charge on any atom is -0.397 e. The summed E-state index contributed by atoms with van der Waals surface area (Å²) in [7, 11) is 0. The van der Waals surface area contributed by atoms with Gasteiger partial charge in [0.25, 0.3) is 0 Å². The molecule has 1 fully saturated rings. The van der Waals surface area contributed by atoms with Crippen LogP contribution in [0.4, 0.5) is 22.7 Å². The van der Waals surface area contributed by atoms with Gasteiger partial charge in [0.15, 0.2) is 0 Å². The van der Waals surface area contributed by atoms with E-state index in [2.05, 4.69) is 15.2 Å². The van der Waals surface area contributed by atoms with Crippen LogP contribution < -0.4 is 22.5 Å². The first-order valence-corrected chi connectivity index (χ1v) is 7.18. The van der Waals surface area contributed by atoms with Gasteiger partial charge in [0.05, 0.1) is 42.3 Å². The van der Waals surface area contributed by atoms with Gasteiger partial charge in [-0.05, 0) is 25.1 Å². The Morgan fingerprint density at radius 2 is 1.95 bits per heavy atom. The van der Waals surface area contributed by atoms with Gasteiger partial charge in [-0.25, -0.2) is 4.99 Å². The maximum absolute atomic E-state index is 5.84. The summed E-state index contributed by atoms with van der Waals surface area (Å²) < 4.78 is 5.33. The fourth-order valence-electron chi connectivity index (χ4n) is 2.30. The van der Waals surface area contributed by atoms with Crippen molar-refractivity contribution in [2.24, 2.45) is 10.7 Å². The van der Waals surface area contributed by atoms with E-state index in [0.717, 1.165) is 51.5 Å². The number of nitrogen functional groups attached to an aromatic ring is 2. The van der Waals surface area contributed by atoms with E-state index < -0.39 is 0 Å². The smallest absolute Gasteiger partial charge is 0.0900 e. The zero-order valence-corrected chi connectivity index (χ0v) is 12.2. The van der Waals surface area contributed by atoms with Crippen LogP contribution in [0.5, 0.6) is 0 Å². The molecule has 1 aromatic rings. The minimum atomic E-state index is 0.509. The van der Waals surface area contributed by atoms with E-state index in [1.807, 2.05) is 0 Å². The molecular formula is C14H24N6O. The zero-order valence-electron chi connectivity index (χ0n) is 12.2. The second-order valence-corrected chi connectivity index (χ2v) is 5.01. The van der Waals surface area contributed by atoms with Crippen LogP contribution in [0, 0.1) is 0 Å². The Morgan fingerprint density at radius 1 is 1.24 bits per heavy atom. The van der Waals surface area contributed by atoms with Gasteiger partial charge in [0.2, 0.25) is 0 Å². The molecule has 0 amide bonds. The van der Waals surface area contributed by atoms with E-state index in [0.29, 0.717) is 17.1 Å². The molecule has 7 N–H and O–H groups in total. The number of hydrogen-bond acceptors (Lipinski definition) is 6. The Morgan fingerprint density at radius 3 is 2.67 bits per heavy atom. The topological polar surface area (TPSA) is 115 Å². The van der Waals surface area contributed by atoms with Gasteiger partial charge in [-0.15, -0.1) is 0 Å². The van der Waals surface area contributed by atoms with Crippen LogP contribution in [0.2, 0.25) is 0 Å². The third kappa shape index (κ3) is 4.51. The molecule has 0 saturated carbocycles. The first kappa shape index (κ1) is 15.4. The maximum Gasteiger partial charge on any atom is 0.0900 e. The van der Waals surface area contributed by atoms with Crippen molar-refractivity contribution in [1.82, 2.24) is 4.90 Å². The minimum absolute atomic E-state index is 0.509. The molecule has 1 aliphatic heterocycles. The summed E-state index contributed by atoms with van der Waals surface area (Å²) in [4.78, 5) is 6.51. The Balaban J connectivity index is 1.85. The van der Waals surface area contributed by atoms with Crippen molar-refractivity contribution >= 4 is 29.1 Å². The summed E-state index contributed by atoms with van der Waals surface area (Å²) in [5, 5.41) is 3.34. The molecule has 7 heteroatoms. The fourth-order valence-corrected chi connectivity index (χ4v) is 2.30. The predicted molar refractivity (Wildman–Crippen MR) is 88.0 cm³/mol. The van der Waals surface area contributed by atoms with Gasteiger partial charge in [-0.1, -0.05) is 0 Å². The number of nitrogens with zero attached hydrogens (tertiary/aromatic N) is 2. The van der Waals surface area contributed by atoms with Gasteiger partial charge < -0.3 is 27.3 Å². The average Bonchev–Trinajstić information content (AvgIpc) is 2.49. The van der Waals surface area contributed by atoms with Crippen LogP contribution in [0.1, 0.15) is 6.42 Å². The number of nitrogens with two attached hydrogens (primary N) is 3. The van der Waals surface area contributed by atoms with Crippen molar-refractivity contribution in [3.8, 4) is 0 Å². The summed E-state index contributed by atoms with van der Waals surface area (Å²) in [6.45, 7) is 5.58. The lowest BCUT2D eigenvalue weighted by molar-refractivity contribution is 0.0378. The highest BCUT2D eigenvalue weighted by Crippen LogP contribution is 2.31. The highest BCUT2D eigenvalue weighted by molar-refractivity contribution is 5.81. The van der Waals surface area contributed by atoms with E-state index in [9.17, 15) is 0 Å². The Kier molecular flexibility index (Phi) is 5.65. The third-order valence-electron chi connectivity index (χ3n) is 3.49. The van der Waals surface area contributed by atoms with Crippen molar-refractivity contribution in [2.45, 2.75) is 6.42 Å². The third-order valence-corrected chi connectivity index (χ3v) is 3.49. The molecule has 1 saturated heterocycles. The van der Waals surface area contributed by atoms with Gasteiger partial charge in [0, 0.05) is 19.6 Å². The van der Waals surface area contributed by atoms with Gasteiger partial charge in [0.1, 0.15) is 0 Å². The van der Waals surface area contributed by atoms with Crippen molar-refractivity contribution in [3.63, 3.8) is 0 Å². The first-order valence-electron chi connectivity index (χ1n) is 7.18. The number of benzene rings is 1. The molecule has 0 spiro atoms. The van der Waals surface area contributed by atoms with Crippen molar-refractivity contribution in [3.05, 3.63) is 12.1 Å². The van der Waals surface area contributed by atoms with E-state index in [1.165, 1.54) is 6.34 Å². The largest absolute Gasteiger partial charge is 0.397 e. The van der Waals surface area contributed by atoms with Crippen LogP contribution in [-0.4, -0.2) is 50.6 Å². The molecule has 1 aromatic carbocycles. The molecule has 0 atom stereocenters. The Hall–Kier alpha value is -1.99. The maximum atomic E-state index is 5.84. The van der Waals surface area contributed by atoms with Crippen LogP contribution in [0.15, 0.2) is 17.1 Å². The second kappa shape index (κ2) is 7.70. The van der Waals surface area contributed by atoms with Gasteiger partial charge >= 0.3 is 0 Å². The molecule has 0 bridgehead atoms. The van der Waals surface area contributed by atoms with Crippen LogP contribution in [0.3, 0.4) is 0 Å². The van der Waals surface area contributed by atoms with E-state index in [1.54, 1.807) is 12.1 Å². The van der Waals surface area contributed by atoms with Crippen molar-refractivity contribution in [1.29, 1.82) is 0 Å². The number of anilines is 3. The van der Waals surface area contributed by atoms with E-state index in [-0.39, 0.29) is 0 Å². The van der Waals surface area contributed by atoms with Crippen LogP contribution in [-0.2, 0) is 4.74 Å². The summed E-state index contributed by atoms with van der Waals surface area (Å²) >= 11 is 0. The van der Waals surface area contributed by atoms with Crippen molar-refractivity contribution < 1.29 is 4.74 Å². The molecule has 0 aromatic heterocycles. The van der Waals surface area contributed by atoms with Gasteiger partial charge in [-0.2, -0.15) is 0 Å². The van der Waals surface area contributed by atoms with Crippen molar-refractivity contribution in [2.75, 3.05) is 56.2 Å². The molecule has 116 valence electrons. The average molecular weight is 292 g/mol. The Bertz CT molecular complexity index is 485. The number of morpholine rings is 1. The fraction of sp³-hybridized carbons (Fsp3) is 0.500. The predicted octanol–water partition coefficient (Wildman–Crippen LogP) is 0.604. The molecule has 1 aliphatic rings. The zero-order chi connectivity index (χ0) is 15.1. The SMILES string of the molecule is NC=Nc1cc(N)c(N)cc1NCCCN1CCOCC1. The highest BCUT2D eigenvalue weighted by atomic mass is 16.5. The molecule has 2 rings (SSSR count). The summed E-state index contributed by atoms with van der Waals surface area (Å²) in [5.74, 6) is 0. The normalized spacial score (nSPS) is 16.4. The number of ether oxygens (including phenoxy) is 1. The molecule has 0 aliphatic carbocycles. The lowest BCUT2D eigenvalue weighted by Gasteiger charge is -2.26. The van der Waals surface area contributed by atoms with Crippen LogP contribution >= 0.6 is 0 Å². The molecule has 7 nitrogen and oxygen atoms in total. The lowest BCUT2D eigenvalue weighted by atomic mass is 10.2. The summed E-state index contributed by atoms with van der Waals surface area (Å²) in [6.07, 6.45) is 2.29.